The van der Waals surface area contributed by atoms with Crippen LogP contribution in [0, 0.1) is 0 Å². The highest BCUT2D eigenvalue weighted by Gasteiger charge is 2.27. The molecule has 0 spiro atoms. The van der Waals surface area contributed by atoms with Crippen LogP contribution in [0.3, 0.4) is 0 Å². The van der Waals surface area contributed by atoms with Crippen LogP contribution in [-0.4, -0.2) is 29.7 Å². The van der Waals surface area contributed by atoms with E-state index in [0.29, 0.717) is 28.0 Å². The van der Waals surface area contributed by atoms with Gasteiger partial charge in [-0.15, -0.1) is 11.6 Å². The average molecular weight is 325 g/mol. The Labute approximate surface area is 131 Å². The smallest absolute Gasteiger partial charge is 0.184 e. The summed E-state index contributed by atoms with van der Waals surface area (Å²) in [6, 6.07) is 0. The molecule has 0 unspecified atom stereocenters. The number of aromatic amines is 1. The maximum atomic E-state index is 6.46. The van der Waals surface area contributed by atoms with Gasteiger partial charge in [0, 0.05) is 11.0 Å². The van der Waals surface area contributed by atoms with Gasteiger partial charge in [-0.2, -0.15) is 5.10 Å². The van der Waals surface area contributed by atoms with Crippen molar-refractivity contribution < 1.29 is 0 Å². The SMILES string of the molecule is CC(C)(C)c1nn(-c2ncnc3nc[nH]c23)c(Cl)c1CCl. The van der Waals surface area contributed by atoms with Gasteiger partial charge in [0.15, 0.2) is 11.5 Å². The molecule has 0 radical (unpaired) electrons. The number of rotatable bonds is 2. The van der Waals surface area contributed by atoms with Gasteiger partial charge >= 0.3 is 0 Å². The zero-order chi connectivity index (χ0) is 15.2. The Bertz CT molecular complexity index is 799. The van der Waals surface area contributed by atoms with E-state index in [1.807, 2.05) is 0 Å². The summed E-state index contributed by atoms with van der Waals surface area (Å²) in [6.07, 6.45) is 3.00. The van der Waals surface area contributed by atoms with E-state index in [1.54, 1.807) is 11.0 Å². The van der Waals surface area contributed by atoms with Gasteiger partial charge in [-0.3, -0.25) is 0 Å². The van der Waals surface area contributed by atoms with Crippen molar-refractivity contribution in [1.29, 1.82) is 0 Å². The van der Waals surface area contributed by atoms with Crippen molar-refractivity contribution >= 4 is 34.4 Å². The summed E-state index contributed by atoms with van der Waals surface area (Å²) in [4.78, 5) is 15.5. The fraction of sp³-hybridized carbons (Fsp3) is 0.385. The lowest BCUT2D eigenvalue weighted by Crippen LogP contribution is -2.14. The molecular weight excluding hydrogens is 311 g/mol. The molecule has 3 aromatic rings. The van der Waals surface area contributed by atoms with Gasteiger partial charge in [0.05, 0.1) is 17.9 Å². The molecule has 110 valence electrons. The lowest BCUT2D eigenvalue weighted by molar-refractivity contribution is 0.556. The zero-order valence-corrected chi connectivity index (χ0v) is 13.4. The molecule has 0 aliphatic heterocycles. The zero-order valence-electron chi connectivity index (χ0n) is 11.9. The number of imidazole rings is 1. The van der Waals surface area contributed by atoms with Crippen LogP contribution < -0.4 is 0 Å². The molecule has 3 heterocycles. The van der Waals surface area contributed by atoms with Crippen LogP contribution in [0.1, 0.15) is 32.0 Å². The maximum absolute atomic E-state index is 6.46. The predicted molar refractivity (Wildman–Crippen MR) is 82.1 cm³/mol. The molecule has 6 nitrogen and oxygen atoms in total. The molecule has 8 heteroatoms. The lowest BCUT2D eigenvalue weighted by Gasteiger charge is -2.16. The summed E-state index contributed by atoms with van der Waals surface area (Å²) < 4.78 is 1.59. The summed E-state index contributed by atoms with van der Waals surface area (Å²) >= 11 is 12.5. The highest BCUT2D eigenvalue weighted by Crippen LogP contribution is 2.33. The van der Waals surface area contributed by atoms with Crippen LogP contribution in [0.4, 0.5) is 0 Å². The van der Waals surface area contributed by atoms with Gasteiger partial charge < -0.3 is 4.98 Å². The first-order valence-electron chi connectivity index (χ1n) is 6.41. The number of hydrogen-bond acceptors (Lipinski definition) is 4. The number of alkyl halides is 1. The van der Waals surface area contributed by atoms with Crippen molar-refractivity contribution in [1.82, 2.24) is 29.7 Å². The summed E-state index contributed by atoms with van der Waals surface area (Å²) in [6.45, 7) is 6.20. The second kappa shape index (κ2) is 4.96. The summed E-state index contributed by atoms with van der Waals surface area (Å²) in [7, 11) is 0. The van der Waals surface area contributed by atoms with E-state index in [4.69, 9.17) is 23.2 Å². The number of nitrogens with zero attached hydrogens (tertiary/aromatic N) is 5. The first-order valence-corrected chi connectivity index (χ1v) is 7.33. The molecule has 21 heavy (non-hydrogen) atoms. The van der Waals surface area contributed by atoms with Gasteiger partial charge in [-0.25, -0.2) is 19.6 Å². The van der Waals surface area contributed by atoms with E-state index in [2.05, 4.69) is 45.8 Å². The van der Waals surface area contributed by atoms with Gasteiger partial charge in [0.25, 0.3) is 0 Å². The topological polar surface area (TPSA) is 72.3 Å². The number of hydrogen-bond donors (Lipinski definition) is 1. The van der Waals surface area contributed by atoms with E-state index in [9.17, 15) is 0 Å². The van der Waals surface area contributed by atoms with Crippen molar-refractivity contribution in [2.45, 2.75) is 32.1 Å². The molecule has 0 fully saturated rings. The molecule has 3 rings (SSSR count). The van der Waals surface area contributed by atoms with Crippen molar-refractivity contribution in [3.8, 4) is 5.82 Å². The van der Waals surface area contributed by atoms with E-state index in [-0.39, 0.29) is 5.41 Å². The standard InChI is InChI=1S/C13H14Cl2N6/c1-13(2,3)9-7(4-14)10(15)21(20-9)12-8-11(17-5-16-8)18-6-19-12/h5-6H,4H2,1-3H3,(H,16,17,18,19). The molecule has 0 saturated heterocycles. The monoisotopic (exact) mass is 324 g/mol. The molecule has 0 aromatic carbocycles. The van der Waals surface area contributed by atoms with Crippen molar-refractivity contribution in [3.63, 3.8) is 0 Å². The minimum atomic E-state index is -0.167. The predicted octanol–water partition coefficient (Wildman–Crippen LogP) is 3.23. The van der Waals surface area contributed by atoms with Crippen LogP contribution in [-0.2, 0) is 11.3 Å². The van der Waals surface area contributed by atoms with Crippen LogP contribution >= 0.6 is 23.2 Å². The third-order valence-electron chi connectivity index (χ3n) is 3.17. The molecule has 0 aliphatic rings. The summed E-state index contributed by atoms with van der Waals surface area (Å²) in [5, 5.41) is 5.08. The average Bonchev–Trinajstić information content (AvgIpc) is 3.01. The van der Waals surface area contributed by atoms with Crippen molar-refractivity contribution in [2.75, 3.05) is 0 Å². The first kappa shape index (κ1) is 14.3. The van der Waals surface area contributed by atoms with E-state index >= 15 is 0 Å². The Morgan fingerprint density at radius 1 is 1.24 bits per heavy atom. The summed E-state index contributed by atoms with van der Waals surface area (Å²) in [5.74, 6) is 0.854. The molecule has 0 saturated carbocycles. The largest absolute Gasteiger partial charge is 0.340 e. The normalized spacial score (nSPS) is 12.2. The number of nitrogens with one attached hydrogen (secondary N) is 1. The second-order valence-corrected chi connectivity index (χ2v) is 6.34. The summed E-state index contributed by atoms with van der Waals surface area (Å²) in [5.41, 5.74) is 2.75. The number of aromatic nitrogens is 6. The quantitative estimate of drug-likeness (QED) is 0.734. The van der Waals surface area contributed by atoms with Gasteiger partial charge in [-0.05, 0) is 0 Å². The molecule has 0 amide bonds. The highest BCUT2D eigenvalue weighted by atomic mass is 35.5. The third kappa shape index (κ3) is 2.28. The first-order chi connectivity index (χ1) is 9.93. The molecule has 1 N–H and O–H groups in total. The van der Waals surface area contributed by atoms with Crippen LogP contribution in [0.5, 0.6) is 0 Å². The minimum Gasteiger partial charge on any atom is -0.340 e. The van der Waals surface area contributed by atoms with E-state index < -0.39 is 0 Å². The van der Waals surface area contributed by atoms with Crippen molar-refractivity contribution in [2.24, 2.45) is 0 Å². The Balaban J connectivity index is 2.29. The number of fused-ring (bicyclic) bond motifs is 1. The fourth-order valence-electron chi connectivity index (χ4n) is 2.20. The molecule has 0 bridgehead atoms. The molecule has 3 aromatic heterocycles. The van der Waals surface area contributed by atoms with Gasteiger partial charge in [0.2, 0.25) is 0 Å². The minimum absolute atomic E-state index is 0.167. The number of halogens is 2. The van der Waals surface area contributed by atoms with Crippen LogP contribution in [0.25, 0.3) is 17.0 Å². The van der Waals surface area contributed by atoms with Gasteiger partial charge in [-0.1, -0.05) is 32.4 Å². The Hall–Kier alpha value is -1.66. The van der Waals surface area contributed by atoms with Crippen LogP contribution in [0.2, 0.25) is 5.15 Å². The maximum Gasteiger partial charge on any atom is 0.184 e. The highest BCUT2D eigenvalue weighted by molar-refractivity contribution is 6.31. The Kier molecular flexibility index (Phi) is 3.37. The van der Waals surface area contributed by atoms with Gasteiger partial charge in [0.1, 0.15) is 17.0 Å². The van der Waals surface area contributed by atoms with Crippen molar-refractivity contribution in [3.05, 3.63) is 29.1 Å². The van der Waals surface area contributed by atoms with E-state index in [0.717, 1.165) is 11.3 Å². The molecule has 0 aliphatic carbocycles. The Morgan fingerprint density at radius 3 is 2.62 bits per heavy atom. The lowest BCUT2D eigenvalue weighted by atomic mass is 9.90. The van der Waals surface area contributed by atoms with E-state index in [1.165, 1.54) is 6.33 Å². The second-order valence-electron chi connectivity index (χ2n) is 5.71. The molecule has 0 atom stereocenters. The molecular formula is C13H14Cl2N6. The fourth-order valence-corrected chi connectivity index (χ4v) is 2.80. The van der Waals surface area contributed by atoms with Crippen LogP contribution in [0.15, 0.2) is 12.7 Å². The Morgan fingerprint density at radius 2 is 2.00 bits per heavy atom. The third-order valence-corrected chi connectivity index (χ3v) is 3.82. The number of H-pyrrole nitrogens is 1.